The molecule has 2 amide bonds. The zero-order chi connectivity index (χ0) is 21.8. The molecule has 1 aliphatic rings. The maximum atomic E-state index is 12.9. The highest BCUT2D eigenvalue weighted by molar-refractivity contribution is 7.18. The molecule has 31 heavy (non-hydrogen) atoms. The monoisotopic (exact) mass is 437 g/mol. The number of hydrogen-bond acceptors (Lipinski definition) is 6. The largest absolute Gasteiger partial charge is 0.493 e. The molecule has 8 heteroatoms. The Kier molecular flexibility index (Phi) is 6.18. The fraction of sp³-hybridized carbons (Fsp3) is 0.261. The van der Waals surface area contributed by atoms with E-state index in [1.165, 1.54) is 7.11 Å². The summed E-state index contributed by atoms with van der Waals surface area (Å²) in [5.41, 5.74) is 6.88. The Balaban J connectivity index is 1.48. The SMILES string of the molecule is COc1cc(C=CC(=O)N2CCCC2c2nc3ccccc3s2)ccc1OCC(N)=O. The minimum absolute atomic E-state index is 0.00802. The number of carbonyl (C=O) groups excluding carboxylic acids is 2. The number of likely N-dealkylation sites (tertiary alicyclic amines) is 1. The number of amides is 2. The van der Waals surface area contributed by atoms with Crippen molar-refractivity contribution in [1.29, 1.82) is 0 Å². The summed E-state index contributed by atoms with van der Waals surface area (Å²) in [7, 11) is 1.51. The second-order valence-corrected chi connectivity index (χ2v) is 8.27. The maximum Gasteiger partial charge on any atom is 0.255 e. The summed E-state index contributed by atoms with van der Waals surface area (Å²) in [5, 5.41) is 0.984. The van der Waals surface area contributed by atoms with E-state index < -0.39 is 5.91 Å². The molecule has 0 radical (unpaired) electrons. The van der Waals surface area contributed by atoms with Crippen LogP contribution in [0.2, 0.25) is 0 Å². The lowest BCUT2D eigenvalue weighted by molar-refractivity contribution is -0.126. The molecule has 1 fully saturated rings. The first kappa shape index (κ1) is 20.9. The Morgan fingerprint density at radius 3 is 2.87 bits per heavy atom. The highest BCUT2D eigenvalue weighted by Gasteiger charge is 2.31. The maximum absolute atomic E-state index is 12.9. The molecule has 2 aromatic carbocycles. The van der Waals surface area contributed by atoms with Crippen LogP contribution in [0.15, 0.2) is 48.5 Å². The number of rotatable bonds is 7. The number of nitrogens with two attached hydrogens (primary N) is 1. The number of fused-ring (bicyclic) bond motifs is 1. The van der Waals surface area contributed by atoms with E-state index in [4.69, 9.17) is 20.2 Å². The molecule has 0 bridgehead atoms. The molecule has 1 saturated heterocycles. The molecule has 7 nitrogen and oxygen atoms in total. The van der Waals surface area contributed by atoms with Crippen LogP contribution in [0.5, 0.6) is 11.5 Å². The molecular formula is C23H23N3O4S. The predicted octanol–water partition coefficient (Wildman–Crippen LogP) is 3.55. The number of ether oxygens (including phenoxy) is 2. The minimum atomic E-state index is -0.565. The zero-order valence-corrected chi connectivity index (χ0v) is 17.9. The van der Waals surface area contributed by atoms with Crippen LogP contribution in [-0.4, -0.2) is 42.0 Å². The van der Waals surface area contributed by atoms with Crippen LogP contribution in [0.1, 0.15) is 29.5 Å². The van der Waals surface area contributed by atoms with Crippen molar-refractivity contribution in [2.24, 2.45) is 5.73 Å². The highest BCUT2D eigenvalue weighted by Crippen LogP contribution is 2.36. The van der Waals surface area contributed by atoms with Crippen LogP contribution in [0.4, 0.5) is 0 Å². The number of aromatic nitrogens is 1. The summed E-state index contributed by atoms with van der Waals surface area (Å²) in [6, 6.07) is 13.3. The summed E-state index contributed by atoms with van der Waals surface area (Å²) in [4.78, 5) is 30.5. The Labute approximate surface area is 184 Å². The lowest BCUT2D eigenvalue weighted by Crippen LogP contribution is -2.28. The van der Waals surface area contributed by atoms with E-state index in [-0.39, 0.29) is 18.6 Å². The molecule has 160 valence electrons. The Morgan fingerprint density at radius 1 is 1.26 bits per heavy atom. The lowest BCUT2D eigenvalue weighted by Gasteiger charge is -2.21. The smallest absolute Gasteiger partial charge is 0.255 e. The highest BCUT2D eigenvalue weighted by atomic mass is 32.1. The average molecular weight is 438 g/mol. The van der Waals surface area contributed by atoms with Crippen LogP contribution in [0.25, 0.3) is 16.3 Å². The number of hydrogen-bond donors (Lipinski definition) is 1. The summed E-state index contributed by atoms with van der Waals surface area (Å²) < 4.78 is 11.8. The summed E-state index contributed by atoms with van der Waals surface area (Å²) >= 11 is 1.65. The van der Waals surface area contributed by atoms with Gasteiger partial charge in [0.25, 0.3) is 5.91 Å². The van der Waals surface area contributed by atoms with Gasteiger partial charge >= 0.3 is 0 Å². The van der Waals surface area contributed by atoms with Gasteiger partial charge < -0.3 is 20.1 Å². The summed E-state index contributed by atoms with van der Waals surface area (Å²) in [6.45, 7) is 0.485. The van der Waals surface area contributed by atoms with Crippen molar-refractivity contribution in [3.05, 3.63) is 59.1 Å². The first-order chi connectivity index (χ1) is 15.0. The van der Waals surface area contributed by atoms with E-state index in [1.54, 1.807) is 41.7 Å². The first-order valence-electron chi connectivity index (χ1n) is 9.98. The van der Waals surface area contributed by atoms with E-state index in [0.717, 1.165) is 33.6 Å². The van der Waals surface area contributed by atoms with Crippen molar-refractivity contribution >= 4 is 39.4 Å². The molecule has 2 N–H and O–H groups in total. The van der Waals surface area contributed by atoms with Crippen molar-refractivity contribution in [2.75, 3.05) is 20.3 Å². The quantitative estimate of drug-likeness (QED) is 0.571. The molecule has 1 aromatic heterocycles. The molecule has 2 heterocycles. The summed E-state index contributed by atoms with van der Waals surface area (Å²) in [5.74, 6) is 0.268. The summed E-state index contributed by atoms with van der Waals surface area (Å²) in [6.07, 6.45) is 5.19. The number of primary amides is 1. The lowest BCUT2D eigenvalue weighted by atomic mass is 10.1. The minimum Gasteiger partial charge on any atom is -0.493 e. The molecule has 1 aliphatic heterocycles. The Bertz CT molecular complexity index is 1110. The predicted molar refractivity (Wildman–Crippen MR) is 120 cm³/mol. The van der Waals surface area contributed by atoms with Gasteiger partial charge in [0.2, 0.25) is 5.91 Å². The van der Waals surface area contributed by atoms with Crippen LogP contribution in [0.3, 0.4) is 0 Å². The second-order valence-electron chi connectivity index (χ2n) is 7.21. The van der Waals surface area contributed by atoms with Gasteiger partial charge in [-0.15, -0.1) is 11.3 Å². The zero-order valence-electron chi connectivity index (χ0n) is 17.1. The van der Waals surface area contributed by atoms with E-state index in [1.807, 2.05) is 23.1 Å². The van der Waals surface area contributed by atoms with E-state index in [0.29, 0.717) is 18.0 Å². The van der Waals surface area contributed by atoms with Gasteiger partial charge in [0, 0.05) is 12.6 Å². The molecule has 3 aromatic rings. The standard InChI is InChI=1S/C23H23N3O4S/c1-29-19-13-15(8-10-18(19)30-14-21(24)27)9-11-22(28)26-12-4-6-17(26)23-25-16-5-2-3-7-20(16)31-23/h2-3,5,7-11,13,17H,4,6,12,14H2,1H3,(H2,24,27). The van der Waals surface area contributed by atoms with Crippen LogP contribution >= 0.6 is 11.3 Å². The molecule has 1 atom stereocenters. The van der Waals surface area contributed by atoms with Gasteiger partial charge in [-0.05, 0) is 48.7 Å². The van der Waals surface area contributed by atoms with Gasteiger partial charge in [-0.25, -0.2) is 4.98 Å². The Morgan fingerprint density at radius 2 is 2.10 bits per heavy atom. The number of para-hydroxylation sites is 1. The number of carbonyl (C=O) groups is 2. The molecule has 1 unspecified atom stereocenters. The van der Waals surface area contributed by atoms with E-state index >= 15 is 0 Å². The van der Waals surface area contributed by atoms with Gasteiger partial charge in [-0.2, -0.15) is 0 Å². The Hall–Kier alpha value is -3.39. The average Bonchev–Trinajstić information content (AvgIpc) is 3.42. The van der Waals surface area contributed by atoms with Crippen LogP contribution in [0, 0.1) is 0 Å². The number of thiazole rings is 1. The number of nitrogens with zero attached hydrogens (tertiary/aromatic N) is 2. The molecule has 0 saturated carbocycles. The van der Waals surface area contributed by atoms with Crippen molar-refractivity contribution < 1.29 is 19.1 Å². The van der Waals surface area contributed by atoms with Gasteiger partial charge in [-0.3, -0.25) is 9.59 Å². The third-order valence-corrected chi connectivity index (χ3v) is 6.24. The fourth-order valence-corrected chi connectivity index (χ4v) is 4.75. The van der Waals surface area contributed by atoms with E-state index in [2.05, 4.69) is 6.07 Å². The van der Waals surface area contributed by atoms with Crippen molar-refractivity contribution in [3.63, 3.8) is 0 Å². The number of benzene rings is 2. The molecule has 4 rings (SSSR count). The van der Waals surface area contributed by atoms with Gasteiger partial charge in [0.05, 0.1) is 23.4 Å². The molecule has 0 aliphatic carbocycles. The second kappa shape index (κ2) is 9.18. The van der Waals surface area contributed by atoms with Crippen LogP contribution in [-0.2, 0) is 9.59 Å². The van der Waals surface area contributed by atoms with Crippen LogP contribution < -0.4 is 15.2 Å². The molecule has 0 spiro atoms. The van der Waals surface area contributed by atoms with Crippen molar-refractivity contribution in [2.45, 2.75) is 18.9 Å². The van der Waals surface area contributed by atoms with Gasteiger partial charge in [0.15, 0.2) is 18.1 Å². The van der Waals surface area contributed by atoms with Crippen molar-refractivity contribution in [1.82, 2.24) is 9.88 Å². The third kappa shape index (κ3) is 4.69. The number of methoxy groups -OCH3 is 1. The fourth-order valence-electron chi connectivity index (χ4n) is 3.64. The normalized spacial score (nSPS) is 16.2. The third-order valence-electron chi connectivity index (χ3n) is 5.11. The first-order valence-corrected chi connectivity index (χ1v) is 10.8. The van der Waals surface area contributed by atoms with Gasteiger partial charge in [-0.1, -0.05) is 18.2 Å². The molecular weight excluding hydrogens is 414 g/mol. The van der Waals surface area contributed by atoms with Gasteiger partial charge in [0.1, 0.15) is 5.01 Å². The topological polar surface area (TPSA) is 94.8 Å². The van der Waals surface area contributed by atoms with Crippen molar-refractivity contribution in [3.8, 4) is 11.5 Å². The van der Waals surface area contributed by atoms with E-state index in [9.17, 15) is 9.59 Å².